The molecule has 1 saturated heterocycles. The summed E-state index contributed by atoms with van der Waals surface area (Å²) in [7, 11) is 0. The molecule has 11 heavy (non-hydrogen) atoms. The summed E-state index contributed by atoms with van der Waals surface area (Å²) in [6.07, 6.45) is 0.0139. The second-order valence-corrected chi connectivity index (χ2v) is 2.42. The van der Waals surface area contributed by atoms with Gasteiger partial charge in [0.2, 0.25) is 0 Å². The molecule has 0 aromatic rings. The lowest BCUT2D eigenvalue weighted by molar-refractivity contribution is -0.0274. The summed E-state index contributed by atoms with van der Waals surface area (Å²) in [5.41, 5.74) is 0. The van der Waals surface area contributed by atoms with E-state index >= 15 is 0 Å². The molecule has 2 nitrogen and oxygen atoms in total. The average molecular weight is 167 g/mol. The van der Waals surface area contributed by atoms with Crippen LogP contribution in [0.1, 0.15) is 19.8 Å². The van der Waals surface area contributed by atoms with Crippen LogP contribution in [0.5, 0.6) is 0 Å². The van der Waals surface area contributed by atoms with E-state index in [4.69, 9.17) is 5.11 Å². The monoisotopic (exact) mass is 167 g/mol. The molecule has 2 N–H and O–H groups in total. The summed E-state index contributed by atoms with van der Waals surface area (Å²) >= 11 is 0. The minimum absolute atomic E-state index is 0.00694. The van der Waals surface area contributed by atoms with E-state index in [1.54, 1.807) is 6.92 Å². The number of hydrogen-bond acceptors (Lipinski definition) is 2. The van der Waals surface area contributed by atoms with E-state index in [2.05, 4.69) is 5.32 Å². The smallest absolute Gasteiger partial charge is 0.250 e. The first-order valence-electron chi connectivity index (χ1n) is 3.82. The van der Waals surface area contributed by atoms with Gasteiger partial charge in [-0.25, -0.2) is 8.78 Å². The Hall–Kier alpha value is -0.220. The Labute approximate surface area is 65.6 Å². The fourth-order valence-corrected chi connectivity index (χ4v) is 0.793. The van der Waals surface area contributed by atoms with Crippen molar-refractivity contribution in [1.29, 1.82) is 0 Å². The van der Waals surface area contributed by atoms with Crippen molar-refractivity contribution in [3.8, 4) is 0 Å². The number of halogens is 2. The van der Waals surface area contributed by atoms with Gasteiger partial charge in [0.15, 0.2) is 0 Å². The van der Waals surface area contributed by atoms with E-state index in [1.165, 1.54) is 0 Å². The van der Waals surface area contributed by atoms with Crippen molar-refractivity contribution >= 4 is 0 Å². The van der Waals surface area contributed by atoms with E-state index in [0.29, 0.717) is 13.1 Å². The normalized spacial score (nSPS) is 21.8. The highest BCUT2D eigenvalue weighted by Crippen LogP contribution is 2.23. The predicted molar refractivity (Wildman–Crippen MR) is 39.8 cm³/mol. The van der Waals surface area contributed by atoms with Gasteiger partial charge in [-0.15, -0.1) is 0 Å². The molecule has 0 radical (unpaired) electrons. The lowest BCUT2D eigenvalue weighted by atomic mass is 10.1. The van der Waals surface area contributed by atoms with Crippen molar-refractivity contribution < 1.29 is 13.9 Å². The maximum atomic E-state index is 12.2. The number of piperidine rings is 1. The Morgan fingerprint density at radius 1 is 1.36 bits per heavy atom. The fourth-order valence-electron chi connectivity index (χ4n) is 0.793. The molecule has 1 aliphatic heterocycles. The summed E-state index contributed by atoms with van der Waals surface area (Å²) < 4.78 is 24.3. The topological polar surface area (TPSA) is 32.3 Å². The zero-order valence-corrected chi connectivity index (χ0v) is 6.74. The van der Waals surface area contributed by atoms with Crippen molar-refractivity contribution in [2.24, 2.45) is 0 Å². The maximum absolute atomic E-state index is 12.2. The molecule has 0 bridgehead atoms. The molecule has 1 aliphatic rings. The molecule has 0 aliphatic carbocycles. The van der Waals surface area contributed by atoms with Crippen LogP contribution in [-0.4, -0.2) is 30.7 Å². The van der Waals surface area contributed by atoms with Gasteiger partial charge in [0, 0.05) is 32.5 Å². The van der Waals surface area contributed by atoms with Gasteiger partial charge in [0.1, 0.15) is 0 Å². The summed E-state index contributed by atoms with van der Waals surface area (Å²) in [5, 5.41) is 10.4. The molecule has 1 rings (SSSR count). The molecule has 0 amide bonds. The summed E-state index contributed by atoms with van der Waals surface area (Å²) in [5.74, 6) is -2.38. The number of aliphatic hydroxyl groups excluding tert-OH is 1. The highest BCUT2D eigenvalue weighted by atomic mass is 19.3. The number of hydrogen-bond donors (Lipinski definition) is 2. The van der Waals surface area contributed by atoms with E-state index in [1.807, 2.05) is 0 Å². The first-order chi connectivity index (χ1) is 5.12. The lowest BCUT2D eigenvalue weighted by Gasteiger charge is -2.21. The summed E-state index contributed by atoms with van der Waals surface area (Å²) in [6.45, 7) is 2.86. The Bertz CT molecular complexity index is 90.4. The lowest BCUT2D eigenvalue weighted by Crippen LogP contribution is -2.35. The third kappa shape index (κ3) is 6.19. The van der Waals surface area contributed by atoms with E-state index < -0.39 is 5.92 Å². The molecular formula is C7H15F2NO. The second kappa shape index (κ2) is 5.43. The minimum Gasteiger partial charge on any atom is -0.397 e. The first-order valence-corrected chi connectivity index (χ1v) is 3.82. The molecule has 0 atom stereocenters. The van der Waals surface area contributed by atoms with Crippen LogP contribution >= 0.6 is 0 Å². The zero-order valence-electron chi connectivity index (χ0n) is 6.74. The average Bonchev–Trinajstić information content (AvgIpc) is 1.88. The van der Waals surface area contributed by atoms with Crippen molar-refractivity contribution in [3.63, 3.8) is 0 Å². The largest absolute Gasteiger partial charge is 0.397 e. The molecule has 68 valence electrons. The third-order valence-corrected chi connectivity index (χ3v) is 1.34. The van der Waals surface area contributed by atoms with Crippen LogP contribution in [0.4, 0.5) is 8.78 Å². The number of nitrogens with one attached hydrogen (secondary N) is 1. The maximum Gasteiger partial charge on any atom is 0.250 e. The highest BCUT2D eigenvalue weighted by Gasteiger charge is 2.30. The van der Waals surface area contributed by atoms with Crippen LogP contribution in [0.3, 0.4) is 0 Å². The van der Waals surface area contributed by atoms with Crippen LogP contribution in [-0.2, 0) is 0 Å². The number of aliphatic hydroxyl groups is 1. The van der Waals surface area contributed by atoms with Gasteiger partial charge < -0.3 is 10.4 Å². The van der Waals surface area contributed by atoms with Crippen LogP contribution in [0, 0.1) is 0 Å². The molecule has 0 unspecified atom stereocenters. The van der Waals surface area contributed by atoms with Gasteiger partial charge in [0.05, 0.1) is 0 Å². The van der Waals surface area contributed by atoms with E-state index in [-0.39, 0.29) is 19.4 Å². The Morgan fingerprint density at radius 3 is 1.91 bits per heavy atom. The zero-order chi connectivity index (χ0) is 8.74. The molecule has 1 fully saturated rings. The van der Waals surface area contributed by atoms with Crippen LogP contribution < -0.4 is 5.32 Å². The van der Waals surface area contributed by atoms with Gasteiger partial charge in [0.25, 0.3) is 5.92 Å². The third-order valence-electron chi connectivity index (χ3n) is 1.34. The van der Waals surface area contributed by atoms with Gasteiger partial charge in [-0.2, -0.15) is 0 Å². The Morgan fingerprint density at radius 2 is 1.73 bits per heavy atom. The highest BCUT2D eigenvalue weighted by molar-refractivity contribution is 4.73. The molecule has 0 aromatic carbocycles. The summed E-state index contributed by atoms with van der Waals surface area (Å²) in [4.78, 5) is 0. The minimum atomic E-state index is -2.38. The van der Waals surface area contributed by atoms with Crippen LogP contribution in [0.15, 0.2) is 0 Å². The van der Waals surface area contributed by atoms with Crippen molar-refractivity contribution in [1.82, 2.24) is 5.32 Å². The van der Waals surface area contributed by atoms with E-state index in [0.717, 1.165) is 0 Å². The summed E-state index contributed by atoms with van der Waals surface area (Å²) in [6, 6.07) is 0. The second-order valence-electron chi connectivity index (χ2n) is 2.42. The SMILES string of the molecule is CCO.FC1(F)CCNCC1. The van der Waals surface area contributed by atoms with Crippen LogP contribution in [0.2, 0.25) is 0 Å². The van der Waals surface area contributed by atoms with Gasteiger partial charge >= 0.3 is 0 Å². The van der Waals surface area contributed by atoms with Gasteiger partial charge in [-0.3, -0.25) is 0 Å². The predicted octanol–water partition coefficient (Wildman–Crippen LogP) is 1.00. The Kier molecular flexibility index (Phi) is 5.32. The Balaban J connectivity index is 0.000000292. The quantitative estimate of drug-likeness (QED) is 0.564. The molecule has 1 heterocycles. The number of rotatable bonds is 0. The molecule has 4 heteroatoms. The van der Waals surface area contributed by atoms with Crippen LogP contribution in [0.25, 0.3) is 0 Å². The van der Waals surface area contributed by atoms with Gasteiger partial charge in [-0.1, -0.05) is 0 Å². The van der Waals surface area contributed by atoms with Gasteiger partial charge in [-0.05, 0) is 6.92 Å². The molecule has 0 aromatic heterocycles. The molecular weight excluding hydrogens is 152 g/mol. The first kappa shape index (κ1) is 10.8. The van der Waals surface area contributed by atoms with Crippen molar-refractivity contribution in [2.75, 3.05) is 19.7 Å². The number of alkyl halides is 2. The molecule has 0 spiro atoms. The molecule has 0 saturated carbocycles. The van der Waals surface area contributed by atoms with Crippen molar-refractivity contribution in [3.05, 3.63) is 0 Å². The fraction of sp³-hybridized carbons (Fsp3) is 1.00. The van der Waals surface area contributed by atoms with E-state index in [9.17, 15) is 8.78 Å². The van der Waals surface area contributed by atoms with Crippen molar-refractivity contribution in [2.45, 2.75) is 25.7 Å². The standard InChI is InChI=1S/C5H9F2N.C2H6O/c6-5(7)1-3-8-4-2-5;1-2-3/h8H,1-4H2;3H,2H2,1H3.